The molecule has 0 bridgehead atoms. The Morgan fingerprint density at radius 2 is 1.83 bits per heavy atom. The Balaban J connectivity index is 1.03. The van der Waals surface area contributed by atoms with Gasteiger partial charge in [-0.15, -0.1) is 5.10 Å². The van der Waals surface area contributed by atoms with E-state index in [0.717, 1.165) is 66.8 Å². The molecule has 7 nitrogen and oxygen atoms in total. The Morgan fingerprint density at radius 3 is 2.53 bits per heavy atom. The average molecular weight is 405 g/mol. The summed E-state index contributed by atoms with van der Waals surface area (Å²) in [5, 5.41) is 7.84. The van der Waals surface area contributed by atoms with Crippen LogP contribution in [0.25, 0.3) is 5.69 Å². The lowest BCUT2D eigenvalue weighted by molar-refractivity contribution is 0.284. The van der Waals surface area contributed by atoms with E-state index < -0.39 is 0 Å². The van der Waals surface area contributed by atoms with Gasteiger partial charge in [0.25, 0.3) is 0 Å². The van der Waals surface area contributed by atoms with Gasteiger partial charge >= 0.3 is 0 Å². The highest BCUT2D eigenvalue weighted by molar-refractivity contribution is 5.36. The molecule has 3 aromatic rings. The molecule has 5 rings (SSSR count). The summed E-state index contributed by atoms with van der Waals surface area (Å²) in [7, 11) is 0. The lowest BCUT2D eigenvalue weighted by atomic mass is 9.90. The minimum atomic E-state index is 0.792. The van der Waals surface area contributed by atoms with Crippen LogP contribution >= 0.6 is 0 Å². The quantitative estimate of drug-likeness (QED) is 0.598. The summed E-state index contributed by atoms with van der Waals surface area (Å²) in [5.41, 5.74) is 2.10. The largest absolute Gasteiger partial charge is 0.494 e. The summed E-state index contributed by atoms with van der Waals surface area (Å²) in [6.45, 7) is 4.97. The number of aromatic nitrogens is 5. The molecule has 0 unspecified atom stereocenters. The third-order valence-corrected chi connectivity index (χ3v) is 6.45. The Morgan fingerprint density at radius 1 is 1.07 bits per heavy atom. The molecule has 1 aliphatic carbocycles. The Labute approximate surface area is 177 Å². The van der Waals surface area contributed by atoms with Crippen molar-refractivity contribution in [1.82, 2.24) is 25.0 Å². The zero-order valence-electron chi connectivity index (χ0n) is 17.4. The normalized spacial score (nSPS) is 21.6. The number of aryl methyl sites for hydroxylation is 1. The zero-order valence-corrected chi connectivity index (χ0v) is 17.4. The van der Waals surface area contributed by atoms with Crippen molar-refractivity contribution in [1.29, 1.82) is 0 Å². The van der Waals surface area contributed by atoms with Gasteiger partial charge in [0.05, 0.1) is 24.7 Å². The summed E-state index contributed by atoms with van der Waals surface area (Å²) in [6.07, 6.45) is 12.3. The van der Waals surface area contributed by atoms with Crippen LogP contribution in [0.1, 0.15) is 31.2 Å². The number of anilines is 1. The molecule has 30 heavy (non-hydrogen) atoms. The molecular formula is C23H28N6O. The Kier molecular flexibility index (Phi) is 5.34. The molecule has 0 radical (unpaired) electrons. The molecule has 3 heterocycles. The van der Waals surface area contributed by atoms with Crippen molar-refractivity contribution in [2.24, 2.45) is 17.8 Å². The van der Waals surface area contributed by atoms with Crippen LogP contribution in [-0.2, 0) is 0 Å². The molecule has 1 aliphatic heterocycles. The lowest BCUT2D eigenvalue weighted by Gasteiger charge is -2.32. The van der Waals surface area contributed by atoms with Crippen molar-refractivity contribution in [3.05, 3.63) is 54.6 Å². The summed E-state index contributed by atoms with van der Waals surface area (Å²) >= 11 is 0. The van der Waals surface area contributed by atoms with E-state index in [2.05, 4.69) is 25.2 Å². The van der Waals surface area contributed by atoms with E-state index in [1.165, 1.54) is 19.3 Å². The summed E-state index contributed by atoms with van der Waals surface area (Å²) in [6, 6.07) is 8.03. The van der Waals surface area contributed by atoms with Crippen molar-refractivity contribution in [3.8, 4) is 11.4 Å². The average Bonchev–Trinajstić information content (AvgIpc) is 3.34. The number of ether oxygens (including phenoxy) is 1. The minimum Gasteiger partial charge on any atom is -0.494 e. The third kappa shape index (κ3) is 4.30. The number of rotatable bonds is 7. The maximum atomic E-state index is 5.98. The van der Waals surface area contributed by atoms with Crippen molar-refractivity contribution in [2.75, 3.05) is 24.6 Å². The topological polar surface area (TPSA) is 69.0 Å². The summed E-state index contributed by atoms with van der Waals surface area (Å²) in [4.78, 5) is 11.3. The fourth-order valence-electron chi connectivity index (χ4n) is 4.63. The van der Waals surface area contributed by atoms with Crippen LogP contribution in [0.5, 0.6) is 5.75 Å². The van der Waals surface area contributed by atoms with E-state index >= 15 is 0 Å². The second-order valence-corrected chi connectivity index (χ2v) is 8.52. The molecule has 1 saturated heterocycles. The molecular weight excluding hydrogens is 376 g/mol. The monoisotopic (exact) mass is 404 g/mol. The first-order valence-corrected chi connectivity index (χ1v) is 10.9. The molecule has 0 amide bonds. The molecule has 0 spiro atoms. The number of hydrogen-bond acceptors (Lipinski definition) is 6. The first-order chi connectivity index (χ1) is 14.8. The molecule has 2 atom stereocenters. The van der Waals surface area contributed by atoms with Gasteiger partial charge in [0, 0.05) is 25.5 Å². The second-order valence-electron chi connectivity index (χ2n) is 8.52. The van der Waals surface area contributed by atoms with Gasteiger partial charge < -0.3 is 9.64 Å². The predicted octanol–water partition coefficient (Wildman–Crippen LogP) is 3.69. The molecule has 1 saturated carbocycles. The number of benzene rings is 1. The van der Waals surface area contributed by atoms with Gasteiger partial charge in [0.2, 0.25) is 5.95 Å². The van der Waals surface area contributed by atoms with Crippen LogP contribution in [0.2, 0.25) is 0 Å². The Hall–Kier alpha value is -2.96. The van der Waals surface area contributed by atoms with Gasteiger partial charge in [-0.05, 0) is 80.2 Å². The van der Waals surface area contributed by atoms with E-state index in [-0.39, 0.29) is 0 Å². The van der Waals surface area contributed by atoms with E-state index in [0.29, 0.717) is 0 Å². The number of nitrogens with zero attached hydrogens (tertiary/aromatic N) is 6. The molecule has 1 aromatic carbocycles. The molecule has 2 fully saturated rings. The minimum absolute atomic E-state index is 0.792. The van der Waals surface area contributed by atoms with Gasteiger partial charge in [0.15, 0.2) is 0 Å². The van der Waals surface area contributed by atoms with Crippen LogP contribution in [0, 0.1) is 24.7 Å². The molecule has 2 aliphatic rings. The number of piperidine rings is 1. The van der Waals surface area contributed by atoms with E-state index in [9.17, 15) is 0 Å². The van der Waals surface area contributed by atoms with E-state index in [4.69, 9.17) is 4.74 Å². The predicted molar refractivity (Wildman–Crippen MR) is 115 cm³/mol. The van der Waals surface area contributed by atoms with E-state index in [1.807, 2.05) is 49.8 Å². The molecule has 7 heteroatoms. The van der Waals surface area contributed by atoms with Crippen molar-refractivity contribution < 1.29 is 4.74 Å². The first kappa shape index (κ1) is 19.0. The fraction of sp³-hybridized carbons (Fsp3) is 0.478. The van der Waals surface area contributed by atoms with Gasteiger partial charge in [0.1, 0.15) is 5.75 Å². The summed E-state index contributed by atoms with van der Waals surface area (Å²) in [5.74, 6) is 4.35. The van der Waals surface area contributed by atoms with E-state index in [1.54, 1.807) is 10.9 Å². The zero-order chi connectivity index (χ0) is 20.3. The van der Waals surface area contributed by atoms with Crippen LogP contribution < -0.4 is 9.64 Å². The van der Waals surface area contributed by atoms with Gasteiger partial charge in [-0.25, -0.2) is 14.6 Å². The van der Waals surface area contributed by atoms with Gasteiger partial charge in [-0.1, -0.05) is 5.21 Å². The van der Waals surface area contributed by atoms with Crippen molar-refractivity contribution in [2.45, 2.75) is 32.6 Å². The SMILES string of the molecule is Cc1cnc(N2CCC([C@@H]3C[C@@H]3CCOc3ccc(-n4ccnn4)cc3)CC2)nc1. The first-order valence-electron chi connectivity index (χ1n) is 10.9. The second kappa shape index (κ2) is 8.42. The van der Waals surface area contributed by atoms with Gasteiger partial charge in [-0.3, -0.25) is 0 Å². The van der Waals surface area contributed by atoms with Crippen LogP contribution in [-0.4, -0.2) is 44.7 Å². The molecule has 0 N–H and O–H groups in total. The highest BCUT2D eigenvalue weighted by Gasteiger charge is 2.43. The maximum absolute atomic E-state index is 5.98. The maximum Gasteiger partial charge on any atom is 0.225 e. The van der Waals surface area contributed by atoms with Crippen LogP contribution in [0.3, 0.4) is 0 Å². The lowest BCUT2D eigenvalue weighted by Crippen LogP contribution is -2.35. The standard InChI is InChI=1S/C23H28N6O/c1-17-15-24-23(25-16-17)28-10-6-18(7-11-28)22-14-19(22)8-13-30-21-4-2-20(3-5-21)29-12-9-26-27-29/h2-5,9,12,15-16,18-19,22H,6-8,10-11,13-14H2,1H3/t19-,22-/m0/s1. The third-order valence-electron chi connectivity index (χ3n) is 6.45. The smallest absolute Gasteiger partial charge is 0.225 e. The molecule has 2 aromatic heterocycles. The number of hydrogen-bond donors (Lipinski definition) is 0. The van der Waals surface area contributed by atoms with Crippen molar-refractivity contribution in [3.63, 3.8) is 0 Å². The highest BCUT2D eigenvalue weighted by atomic mass is 16.5. The molecule has 156 valence electrons. The van der Waals surface area contributed by atoms with Crippen LogP contribution in [0.4, 0.5) is 5.95 Å². The fourth-order valence-corrected chi connectivity index (χ4v) is 4.63. The Bertz CT molecular complexity index is 933. The highest BCUT2D eigenvalue weighted by Crippen LogP contribution is 2.49. The van der Waals surface area contributed by atoms with Gasteiger partial charge in [-0.2, -0.15) is 0 Å². The van der Waals surface area contributed by atoms with Crippen molar-refractivity contribution >= 4 is 5.95 Å². The summed E-state index contributed by atoms with van der Waals surface area (Å²) < 4.78 is 7.72. The van der Waals surface area contributed by atoms with Crippen LogP contribution in [0.15, 0.2) is 49.1 Å².